The van der Waals surface area contributed by atoms with E-state index in [0.717, 1.165) is 50.9 Å². The summed E-state index contributed by atoms with van der Waals surface area (Å²) >= 11 is 0. The van der Waals surface area contributed by atoms with Crippen molar-refractivity contribution in [1.82, 2.24) is 10.6 Å². The van der Waals surface area contributed by atoms with Crippen LogP contribution in [0.5, 0.6) is 5.75 Å². The standard InChI is InChI=1S/C19H33N3O2.HI/c1-6-24-14-8-7-13-21-18(20-4)22-15-19(2,3)16-9-11-17(23-5)12-10-16;/h9-12H,6-8,13-15H2,1-5H3,(H2,20,21,22);1H. The van der Waals surface area contributed by atoms with E-state index in [-0.39, 0.29) is 29.4 Å². The molecule has 1 aromatic carbocycles. The SMILES string of the molecule is CCOCCCCNC(=NC)NCC(C)(C)c1ccc(OC)cc1.I. The summed E-state index contributed by atoms with van der Waals surface area (Å²) in [6.45, 7) is 9.78. The Morgan fingerprint density at radius 2 is 1.80 bits per heavy atom. The Hall–Kier alpha value is -1.02. The Kier molecular flexibility index (Phi) is 12.7. The van der Waals surface area contributed by atoms with Crippen LogP contribution in [0, 0.1) is 0 Å². The number of hydrogen-bond donors (Lipinski definition) is 2. The Labute approximate surface area is 170 Å². The molecule has 25 heavy (non-hydrogen) atoms. The molecular formula is C19H34IN3O2. The minimum absolute atomic E-state index is 0. The fourth-order valence-corrected chi connectivity index (χ4v) is 2.35. The average Bonchev–Trinajstić information content (AvgIpc) is 2.60. The molecule has 6 heteroatoms. The van der Waals surface area contributed by atoms with Crippen molar-refractivity contribution in [1.29, 1.82) is 0 Å². The summed E-state index contributed by atoms with van der Waals surface area (Å²) in [6.07, 6.45) is 2.14. The van der Waals surface area contributed by atoms with Crippen LogP contribution in [0.1, 0.15) is 39.2 Å². The topological polar surface area (TPSA) is 54.9 Å². The van der Waals surface area contributed by atoms with Gasteiger partial charge in [-0.1, -0.05) is 26.0 Å². The Balaban J connectivity index is 0.00000576. The third-order valence-corrected chi connectivity index (χ3v) is 4.00. The van der Waals surface area contributed by atoms with Crippen LogP contribution in [0.3, 0.4) is 0 Å². The summed E-state index contributed by atoms with van der Waals surface area (Å²) in [5.41, 5.74) is 1.27. The Bertz CT molecular complexity index is 490. The van der Waals surface area contributed by atoms with Crippen LogP contribution in [0.2, 0.25) is 0 Å². The number of nitrogens with one attached hydrogen (secondary N) is 2. The molecule has 0 aromatic heterocycles. The molecule has 0 aliphatic carbocycles. The molecule has 0 heterocycles. The van der Waals surface area contributed by atoms with E-state index in [1.807, 2.05) is 19.1 Å². The molecular weight excluding hydrogens is 429 g/mol. The highest BCUT2D eigenvalue weighted by Gasteiger charge is 2.20. The van der Waals surface area contributed by atoms with Crippen LogP contribution in [0.15, 0.2) is 29.3 Å². The Morgan fingerprint density at radius 1 is 1.12 bits per heavy atom. The summed E-state index contributed by atoms with van der Waals surface area (Å²) in [7, 11) is 3.49. The average molecular weight is 463 g/mol. The van der Waals surface area contributed by atoms with Gasteiger partial charge in [0.1, 0.15) is 5.75 Å². The van der Waals surface area contributed by atoms with Gasteiger partial charge < -0.3 is 20.1 Å². The number of ether oxygens (including phenoxy) is 2. The predicted molar refractivity (Wildman–Crippen MR) is 117 cm³/mol. The van der Waals surface area contributed by atoms with E-state index in [9.17, 15) is 0 Å². The van der Waals surface area contributed by atoms with E-state index >= 15 is 0 Å². The molecule has 0 radical (unpaired) electrons. The third kappa shape index (κ3) is 9.30. The van der Waals surface area contributed by atoms with Crippen molar-refractivity contribution < 1.29 is 9.47 Å². The molecule has 0 aliphatic heterocycles. The first-order valence-electron chi connectivity index (χ1n) is 8.70. The first-order valence-corrected chi connectivity index (χ1v) is 8.70. The fourth-order valence-electron chi connectivity index (χ4n) is 2.35. The van der Waals surface area contributed by atoms with E-state index in [1.165, 1.54) is 5.56 Å². The van der Waals surface area contributed by atoms with Gasteiger partial charge in [-0.2, -0.15) is 0 Å². The number of methoxy groups -OCH3 is 1. The first kappa shape index (κ1) is 24.0. The first-order chi connectivity index (χ1) is 11.5. The lowest BCUT2D eigenvalue weighted by Crippen LogP contribution is -2.43. The number of nitrogens with zero attached hydrogens (tertiary/aromatic N) is 1. The minimum Gasteiger partial charge on any atom is -0.497 e. The van der Waals surface area contributed by atoms with Crippen molar-refractivity contribution in [2.45, 2.75) is 39.0 Å². The zero-order chi connectivity index (χ0) is 17.8. The second-order valence-corrected chi connectivity index (χ2v) is 6.37. The maximum Gasteiger partial charge on any atom is 0.191 e. The lowest BCUT2D eigenvalue weighted by atomic mass is 9.84. The smallest absolute Gasteiger partial charge is 0.191 e. The van der Waals surface area contributed by atoms with Crippen LogP contribution in [0.25, 0.3) is 0 Å². The summed E-state index contributed by atoms with van der Waals surface area (Å²) in [6, 6.07) is 8.24. The molecule has 144 valence electrons. The molecule has 0 fully saturated rings. The van der Waals surface area contributed by atoms with E-state index in [0.29, 0.717) is 0 Å². The number of halogens is 1. The van der Waals surface area contributed by atoms with Crippen LogP contribution in [-0.4, -0.2) is 46.4 Å². The van der Waals surface area contributed by atoms with Crippen molar-refractivity contribution in [2.75, 3.05) is 40.5 Å². The molecule has 5 nitrogen and oxygen atoms in total. The van der Waals surface area contributed by atoms with Crippen LogP contribution in [-0.2, 0) is 10.2 Å². The zero-order valence-corrected chi connectivity index (χ0v) is 18.6. The van der Waals surface area contributed by atoms with Gasteiger partial charge in [-0.3, -0.25) is 4.99 Å². The van der Waals surface area contributed by atoms with Crippen LogP contribution < -0.4 is 15.4 Å². The predicted octanol–water partition coefficient (Wildman–Crippen LogP) is 3.57. The van der Waals surface area contributed by atoms with Gasteiger partial charge in [0.2, 0.25) is 0 Å². The number of aliphatic imine (C=N–C) groups is 1. The molecule has 0 saturated carbocycles. The lowest BCUT2D eigenvalue weighted by molar-refractivity contribution is 0.143. The van der Waals surface area contributed by atoms with E-state index < -0.39 is 0 Å². The van der Waals surface area contributed by atoms with Gasteiger partial charge in [-0.25, -0.2) is 0 Å². The molecule has 0 saturated heterocycles. The lowest BCUT2D eigenvalue weighted by Gasteiger charge is -2.27. The van der Waals surface area contributed by atoms with Gasteiger partial charge >= 0.3 is 0 Å². The summed E-state index contributed by atoms with van der Waals surface area (Å²) < 4.78 is 10.6. The molecule has 0 atom stereocenters. The van der Waals surface area contributed by atoms with Gasteiger partial charge in [0.25, 0.3) is 0 Å². The number of unbranched alkanes of at least 4 members (excludes halogenated alkanes) is 1. The van der Waals surface area contributed by atoms with Crippen molar-refractivity contribution in [3.05, 3.63) is 29.8 Å². The number of rotatable bonds is 10. The summed E-state index contributed by atoms with van der Waals surface area (Å²) in [4.78, 5) is 4.29. The highest BCUT2D eigenvalue weighted by Crippen LogP contribution is 2.24. The van der Waals surface area contributed by atoms with E-state index in [1.54, 1.807) is 14.2 Å². The zero-order valence-electron chi connectivity index (χ0n) is 16.2. The largest absolute Gasteiger partial charge is 0.497 e. The minimum atomic E-state index is -0.00113. The van der Waals surface area contributed by atoms with Crippen molar-refractivity contribution in [3.63, 3.8) is 0 Å². The molecule has 0 unspecified atom stereocenters. The molecule has 0 aliphatic rings. The molecule has 0 spiro atoms. The second kappa shape index (κ2) is 13.2. The van der Waals surface area contributed by atoms with Gasteiger partial charge in [-0.05, 0) is 37.5 Å². The van der Waals surface area contributed by atoms with Crippen molar-refractivity contribution >= 4 is 29.9 Å². The van der Waals surface area contributed by atoms with E-state index in [4.69, 9.17) is 9.47 Å². The molecule has 0 amide bonds. The molecule has 1 rings (SSSR count). The molecule has 1 aromatic rings. The van der Waals surface area contributed by atoms with Gasteiger partial charge in [0.15, 0.2) is 5.96 Å². The Morgan fingerprint density at radius 3 is 2.36 bits per heavy atom. The second-order valence-electron chi connectivity index (χ2n) is 6.37. The van der Waals surface area contributed by atoms with Crippen molar-refractivity contribution in [3.8, 4) is 5.75 Å². The van der Waals surface area contributed by atoms with Crippen molar-refractivity contribution in [2.24, 2.45) is 4.99 Å². The normalized spacial score (nSPS) is 11.6. The number of benzene rings is 1. The summed E-state index contributed by atoms with van der Waals surface area (Å²) in [5.74, 6) is 1.72. The molecule has 0 bridgehead atoms. The van der Waals surface area contributed by atoms with Gasteiger partial charge in [0, 0.05) is 38.8 Å². The van der Waals surface area contributed by atoms with Crippen LogP contribution in [0.4, 0.5) is 0 Å². The molecule has 2 N–H and O–H groups in total. The third-order valence-electron chi connectivity index (χ3n) is 4.00. The maximum absolute atomic E-state index is 5.34. The van der Waals surface area contributed by atoms with Crippen LogP contribution >= 0.6 is 24.0 Å². The van der Waals surface area contributed by atoms with E-state index in [2.05, 4.69) is 41.6 Å². The fraction of sp³-hybridized carbons (Fsp3) is 0.632. The number of hydrogen-bond acceptors (Lipinski definition) is 3. The quantitative estimate of drug-likeness (QED) is 0.241. The van der Waals surface area contributed by atoms with Gasteiger partial charge in [0.05, 0.1) is 7.11 Å². The van der Waals surface area contributed by atoms with Gasteiger partial charge in [-0.15, -0.1) is 24.0 Å². The summed E-state index contributed by atoms with van der Waals surface area (Å²) in [5, 5.41) is 6.77. The number of guanidine groups is 1. The maximum atomic E-state index is 5.34. The highest BCUT2D eigenvalue weighted by atomic mass is 127. The monoisotopic (exact) mass is 463 g/mol. The highest BCUT2D eigenvalue weighted by molar-refractivity contribution is 14.0.